The lowest BCUT2D eigenvalue weighted by Gasteiger charge is -2.32. The Morgan fingerprint density at radius 1 is 0.926 bits per heavy atom. The smallest absolute Gasteiger partial charge is 0.144 e. The third-order valence-electron chi connectivity index (χ3n) is 6.15. The van der Waals surface area contributed by atoms with Gasteiger partial charge in [0.2, 0.25) is 0 Å². The van der Waals surface area contributed by atoms with E-state index in [4.69, 9.17) is 4.98 Å². The molecule has 0 amide bonds. The average Bonchev–Trinajstić information content (AvgIpc) is 3.16. The Morgan fingerprint density at radius 3 is 2.15 bits per heavy atom. The van der Waals surface area contributed by atoms with Crippen LogP contribution in [0.5, 0.6) is 0 Å². The Morgan fingerprint density at radius 2 is 1.56 bits per heavy atom. The van der Waals surface area contributed by atoms with E-state index in [2.05, 4.69) is 94.8 Å². The Bertz CT molecular complexity index is 893. The molecule has 0 aliphatic carbocycles. The SMILES string of the molecule is CCc1cccc(CC)c1-n1ccnc1-c1ccccc1C(C)(C)C(C)C. The van der Waals surface area contributed by atoms with Crippen molar-refractivity contribution in [3.05, 3.63) is 71.5 Å². The molecule has 1 heterocycles. The van der Waals surface area contributed by atoms with Crippen LogP contribution in [0.25, 0.3) is 17.1 Å². The van der Waals surface area contributed by atoms with Gasteiger partial charge >= 0.3 is 0 Å². The molecule has 0 atom stereocenters. The summed E-state index contributed by atoms with van der Waals surface area (Å²) >= 11 is 0. The fourth-order valence-electron chi connectivity index (χ4n) is 3.76. The van der Waals surface area contributed by atoms with E-state index in [1.165, 1.54) is 27.9 Å². The van der Waals surface area contributed by atoms with Crippen LogP contribution < -0.4 is 0 Å². The van der Waals surface area contributed by atoms with Gasteiger partial charge in [0.1, 0.15) is 5.82 Å². The number of nitrogens with zero attached hydrogens (tertiary/aromatic N) is 2. The summed E-state index contributed by atoms with van der Waals surface area (Å²) in [5, 5.41) is 0. The number of aryl methyl sites for hydroxylation is 2. The summed E-state index contributed by atoms with van der Waals surface area (Å²) in [6, 6.07) is 15.4. The Labute approximate surface area is 164 Å². The van der Waals surface area contributed by atoms with E-state index >= 15 is 0 Å². The van der Waals surface area contributed by atoms with Gasteiger partial charge < -0.3 is 0 Å². The van der Waals surface area contributed by atoms with E-state index in [9.17, 15) is 0 Å². The van der Waals surface area contributed by atoms with Gasteiger partial charge in [-0.1, -0.05) is 84.0 Å². The Balaban J connectivity index is 2.26. The first-order valence-corrected chi connectivity index (χ1v) is 10.2. The third kappa shape index (κ3) is 3.45. The van der Waals surface area contributed by atoms with Crippen molar-refractivity contribution >= 4 is 0 Å². The summed E-state index contributed by atoms with van der Waals surface area (Å²) in [4.78, 5) is 4.81. The number of imidazole rings is 1. The molecule has 3 rings (SSSR count). The number of hydrogen-bond acceptors (Lipinski definition) is 1. The molecule has 142 valence electrons. The normalized spacial score (nSPS) is 12.0. The predicted octanol–water partition coefficient (Wildman–Crippen LogP) is 6.60. The largest absolute Gasteiger partial charge is 0.299 e. The summed E-state index contributed by atoms with van der Waals surface area (Å²) in [6.45, 7) is 13.7. The van der Waals surface area contributed by atoms with Gasteiger partial charge in [0.05, 0.1) is 5.69 Å². The number of benzene rings is 2. The second-order valence-corrected chi connectivity index (χ2v) is 8.17. The van der Waals surface area contributed by atoms with Crippen LogP contribution in [0.2, 0.25) is 0 Å². The van der Waals surface area contributed by atoms with Gasteiger partial charge in [-0.05, 0) is 40.9 Å². The summed E-state index contributed by atoms with van der Waals surface area (Å²) in [6.07, 6.45) is 6.07. The fourth-order valence-corrected chi connectivity index (χ4v) is 3.76. The van der Waals surface area contributed by atoms with Crippen molar-refractivity contribution in [2.24, 2.45) is 5.92 Å². The van der Waals surface area contributed by atoms with Crippen LogP contribution in [0.3, 0.4) is 0 Å². The molecule has 0 fully saturated rings. The molecule has 0 saturated heterocycles. The molecule has 0 aliphatic heterocycles. The van der Waals surface area contributed by atoms with Crippen LogP contribution >= 0.6 is 0 Å². The summed E-state index contributed by atoms with van der Waals surface area (Å²) in [7, 11) is 0. The number of para-hydroxylation sites is 1. The van der Waals surface area contributed by atoms with Gasteiger partial charge in [-0.3, -0.25) is 4.57 Å². The summed E-state index contributed by atoms with van der Waals surface area (Å²) in [5.74, 6) is 1.58. The van der Waals surface area contributed by atoms with Crippen molar-refractivity contribution in [3.63, 3.8) is 0 Å². The van der Waals surface area contributed by atoms with Crippen molar-refractivity contribution in [1.29, 1.82) is 0 Å². The van der Waals surface area contributed by atoms with Crippen molar-refractivity contribution in [1.82, 2.24) is 9.55 Å². The van der Waals surface area contributed by atoms with Gasteiger partial charge in [-0.25, -0.2) is 4.98 Å². The topological polar surface area (TPSA) is 17.8 Å². The standard InChI is InChI=1S/C25H32N2/c1-7-19-12-11-13-20(8-2)23(19)27-17-16-26-24(27)21-14-9-10-15-22(21)25(5,6)18(3)4/h9-18H,7-8H2,1-6H3. The molecule has 1 aromatic heterocycles. The van der Waals surface area contributed by atoms with Crippen LogP contribution in [0.1, 0.15) is 58.2 Å². The minimum atomic E-state index is 0.0746. The second kappa shape index (κ2) is 7.72. The molecule has 0 unspecified atom stereocenters. The average molecular weight is 361 g/mol. The maximum Gasteiger partial charge on any atom is 0.144 e. The number of aromatic nitrogens is 2. The van der Waals surface area contributed by atoms with E-state index in [0.717, 1.165) is 18.7 Å². The first-order valence-electron chi connectivity index (χ1n) is 10.2. The lowest BCUT2D eigenvalue weighted by atomic mass is 9.73. The molecule has 0 radical (unpaired) electrons. The molecule has 2 nitrogen and oxygen atoms in total. The third-order valence-corrected chi connectivity index (χ3v) is 6.15. The van der Waals surface area contributed by atoms with Gasteiger partial charge in [0, 0.05) is 18.0 Å². The van der Waals surface area contributed by atoms with E-state index in [-0.39, 0.29) is 5.41 Å². The minimum Gasteiger partial charge on any atom is -0.299 e. The lowest BCUT2D eigenvalue weighted by Crippen LogP contribution is -2.25. The van der Waals surface area contributed by atoms with Gasteiger partial charge in [-0.2, -0.15) is 0 Å². The molecule has 0 saturated carbocycles. The molecule has 0 N–H and O–H groups in total. The zero-order chi connectivity index (χ0) is 19.6. The van der Waals surface area contributed by atoms with Crippen molar-refractivity contribution in [2.75, 3.05) is 0 Å². The molecule has 0 spiro atoms. The summed E-state index contributed by atoms with van der Waals surface area (Å²) < 4.78 is 2.30. The highest BCUT2D eigenvalue weighted by molar-refractivity contribution is 5.66. The van der Waals surface area contributed by atoms with E-state index in [1.807, 2.05) is 6.20 Å². The van der Waals surface area contributed by atoms with Gasteiger partial charge in [0.25, 0.3) is 0 Å². The molecule has 3 aromatic rings. The number of hydrogen-bond donors (Lipinski definition) is 0. The molecule has 2 heteroatoms. The van der Waals surface area contributed by atoms with Crippen molar-refractivity contribution in [2.45, 2.75) is 59.8 Å². The van der Waals surface area contributed by atoms with Crippen LogP contribution in [0, 0.1) is 5.92 Å². The molecule has 27 heavy (non-hydrogen) atoms. The quantitative estimate of drug-likeness (QED) is 0.484. The zero-order valence-corrected chi connectivity index (χ0v) is 17.6. The van der Waals surface area contributed by atoms with Crippen molar-refractivity contribution in [3.8, 4) is 17.1 Å². The minimum absolute atomic E-state index is 0.0746. The molecule has 2 aromatic carbocycles. The zero-order valence-electron chi connectivity index (χ0n) is 17.6. The molecule has 0 bridgehead atoms. The summed E-state index contributed by atoms with van der Waals surface area (Å²) in [5.41, 5.74) is 6.70. The Kier molecular flexibility index (Phi) is 5.55. The monoisotopic (exact) mass is 360 g/mol. The highest BCUT2D eigenvalue weighted by Crippen LogP contribution is 2.38. The second-order valence-electron chi connectivity index (χ2n) is 8.17. The highest BCUT2D eigenvalue weighted by Gasteiger charge is 2.29. The van der Waals surface area contributed by atoms with Crippen molar-refractivity contribution < 1.29 is 0 Å². The van der Waals surface area contributed by atoms with Crippen LogP contribution in [0.15, 0.2) is 54.9 Å². The fraction of sp³-hybridized carbons (Fsp3) is 0.400. The molecular formula is C25H32N2. The van der Waals surface area contributed by atoms with Crippen LogP contribution in [-0.4, -0.2) is 9.55 Å². The maximum absolute atomic E-state index is 4.81. The van der Waals surface area contributed by atoms with Gasteiger partial charge in [-0.15, -0.1) is 0 Å². The van der Waals surface area contributed by atoms with Crippen LogP contribution in [0.4, 0.5) is 0 Å². The molecule has 0 aliphatic rings. The van der Waals surface area contributed by atoms with E-state index in [1.54, 1.807) is 0 Å². The van der Waals surface area contributed by atoms with E-state index in [0.29, 0.717) is 5.92 Å². The predicted molar refractivity (Wildman–Crippen MR) is 116 cm³/mol. The van der Waals surface area contributed by atoms with Crippen LogP contribution in [-0.2, 0) is 18.3 Å². The highest BCUT2D eigenvalue weighted by atomic mass is 15.1. The first-order chi connectivity index (χ1) is 12.9. The molecular weight excluding hydrogens is 328 g/mol. The maximum atomic E-state index is 4.81. The number of rotatable bonds is 6. The van der Waals surface area contributed by atoms with E-state index < -0.39 is 0 Å². The lowest BCUT2D eigenvalue weighted by molar-refractivity contribution is 0.373. The Hall–Kier alpha value is -2.35. The first kappa shape index (κ1) is 19.4. The van der Waals surface area contributed by atoms with Gasteiger partial charge in [0.15, 0.2) is 0 Å².